The van der Waals surface area contributed by atoms with E-state index in [4.69, 9.17) is 25.5 Å². The lowest BCUT2D eigenvalue weighted by Gasteiger charge is -2.03. The quantitative estimate of drug-likeness (QED) is 0.735. The minimum Gasteiger partial charge on any atom is -0.459 e. The van der Waals surface area contributed by atoms with E-state index in [-0.39, 0.29) is 12.4 Å². The highest BCUT2D eigenvalue weighted by molar-refractivity contribution is 6.33. The summed E-state index contributed by atoms with van der Waals surface area (Å²) in [6.07, 6.45) is 0.652. The Morgan fingerprint density at radius 2 is 1.86 bits per heavy atom. The van der Waals surface area contributed by atoms with E-state index in [2.05, 4.69) is 0 Å². The van der Waals surface area contributed by atoms with Crippen LogP contribution in [0.25, 0.3) is 22.6 Å². The summed E-state index contributed by atoms with van der Waals surface area (Å²) in [5.74, 6) is 1.90. The maximum absolute atomic E-state index is 10.6. The molecular formula is C16H11ClO4. The molecule has 0 bridgehead atoms. The van der Waals surface area contributed by atoms with E-state index in [1.807, 2.05) is 6.07 Å². The lowest BCUT2D eigenvalue weighted by atomic mass is 10.1. The second kappa shape index (κ2) is 5.60. The standard InChI is InChI=1S/C16H11ClO4/c17-14-7-10(15-5-2-11(8-18)20-15)1-4-13(14)16-6-3-12(9-19)21-16/h1-8,19H,9H2. The van der Waals surface area contributed by atoms with Gasteiger partial charge in [0.05, 0.1) is 5.02 Å². The zero-order valence-corrected chi connectivity index (χ0v) is 11.6. The van der Waals surface area contributed by atoms with Crippen molar-refractivity contribution in [1.82, 2.24) is 0 Å². The van der Waals surface area contributed by atoms with Crippen LogP contribution in [0.2, 0.25) is 5.02 Å². The SMILES string of the molecule is O=Cc1ccc(-c2ccc(-c3ccc(CO)o3)c(Cl)c2)o1. The van der Waals surface area contributed by atoms with Crippen molar-refractivity contribution >= 4 is 17.9 Å². The molecule has 0 fully saturated rings. The van der Waals surface area contributed by atoms with Gasteiger partial charge in [0.15, 0.2) is 12.0 Å². The van der Waals surface area contributed by atoms with Crippen LogP contribution in [-0.2, 0) is 6.61 Å². The molecule has 4 nitrogen and oxygen atoms in total. The predicted octanol–water partition coefficient (Wildman–Crippen LogP) is 4.16. The number of benzene rings is 1. The molecule has 0 saturated heterocycles. The van der Waals surface area contributed by atoms with Gasteiger partial charge < -0.3 is 13.9 Å². The number of hydrogen-bond acceptors (Lipinski definition) is 4. The predicted molar refractivity (Wildman–Crippen MR) is 78.2 cm³/mol. The third-order valence-corrected chi connectivity index (χ3v) is 3.39. The lowest BCUT2D eigenvalue weighted by molar-refractivity contribution is 0.110. The van der Waals surface area contributed by atoms with Gasteiger partial charge in [-0.25, -0.2) is 0 Å². The van der Waals surface area contributed by atoms with Crippen LogP contribution in [0.1, 0.15) is 16.3 Å². The molecule has 0 radical (unpaired) electrons. The first-order chi connectivity index (χ1) is 10.2. The third-order valence-electron chi connectivity index (χ3n) is 3.08. The highest BCUT2D eigenvalue weighted by atomic mass is 35.5. The number of carbonyl (C=O) groups excluding carboxylic acids is 1. The molecule has 2 aromatic heterocycles. The number of carbonyl (C=O) groups is 1. The Kier molecular flexibility index (Phi) is 3.64. The molecular weight excluding hydrogens is 292 g/mol. The normalized spacial score (nSPS) is 10.8. The highest BCUT2D eigenvalue weighted by Crippen LogP contribution is 2.33. The summed E-state index contributed by atoms with van der Waals surface area (Å²) in [5, 5.41) is 9.51. The van der Waals surface area contributed by atoms with Gasteiger partial charge in [0.1, 0.15) is 23.9 Å². The van der Waals surface area contributed by atoms with Gasteiger partial charge in [-0.05, 0) is 36.4 Å². The summed E-state index contributed by atoms with van der Waals surface area (Å²) in [5.41, 5.74) is 1.49. The molecule has 0 saturated carbocycles. The number of aliphatic hydroxyl groups is 1. The van der Waals surface area contributed by atoms with Crippen LogP contribution >= 0.6 is 11.6 Å². The van der Waals surface area contributed by atoms with Gasteiger partial charge in [-0.1, -0.05) is 17.7 Å². The Morgan fingerprint density at radius 3 is 2.48 bits per heavy atom. The lowest BCUT2D eigenvalue weighted by Crippen LogP contribution is -1.80. The van der Waals surface area contributed by atoms with Crippen molar-refractivity contribution in [3.63, 3.8) is 0 Å². The molecule has 1 aromatic carbocycles. The average Bonchev–Trinajstić information content (AvgIpc) is 3.16. The van der Waals surface area contributed by atoms with Crippen LogP contribution in [0.5, 0.6) is 0 Å². The van der Waals surface area contributed by atoms with Crippen LogP contribution in [0.4, 0.5) is 0 Å². The molecule has 0 atom stereocenters. The Bertz CT molecular complexity index is 785. The van der Waals surface area contributed by atoms with Crippen molar-refractivity contribution in [1.29, 1.82) is 0 Å². The van der Waals surface area contributed by atoms with Crippen molar-refractivity contribution < 1.29 is 18.7 Å². The zero-order valence-electron chi connectivity index (χ0n) is 10.9. The molecule has 0 amide bonds. The summed E-state index contributed by atoms with van der Waals surface area (Å²) >= 11 is 6.27. The fraction of sp³-hybridized carbons (Fsp3) is 0.0625. The van der Waals surface area contributed by atoms with Crippen LogP contribution in [-0.4, -0.2) is 11.4 Å². The maximum atomic E-state index is 10.6. The third kappa shape index (κ3) is 2.63. The van der Waals surface area contributed by atoms with Gasteiger partial charge in [-0.3, -0.25) is 4.79 Å². The minimum atomic E-state index is -0.156. The average molecular weight is 303 g/mol. The molecule has 0 aliphatic rings. The first kappa shape index (κ1) is 13.7. The molecule has 106 valence electrons. The summed E-state index contributed by atoms with van der Waals surface area (Å²) in [6.45, 7) is -0.156. The van der Waals surface area contributed by atoms with Crippen LogP contribution in [0, 0.1) is 0 Å². The summed E-state index contributed by atoms with van der Waals surface area (Å²) in [7, 11) is 0. The molecule has 5 heteroatoms. The molecule has 0 aliphatic heterocycles. The molecule has 0 unspecified atom stereocenters. The molecule has 3 aromatic rings. The van der Waals surface area contributed by atoms with Crippen LogP contribution < -0.4 is 0 Å². The second-order valence-corrected chi connectivity index (χ2v) is 4.85. The number of hydrogen-bond donors (Lipinski definition) is 1. The zero-order chi connectivity index (χ0) is 14.8. The minimum absolute atomic E-state index is 0.156. The monoisotopic (exact) mass is 302 g/mol. The van der Waals surface area contributed by atoms with Crippen molar-refractivity contribution in [3.8, 4) is 22.6 Å². The van der Waals surface area contributed by atoms with E-state index in [0.717, 1.165) is 11.1 Å². The second-order valence-electron chi connectivity index (χ2n) is 4.44. The van der Waals surface area contributed by atoms with Gasteiger partial charge in [0, 0.05) is 11.1 Å². The summed E-state index contributed by atoms with van der Waals surface area (Å²) in [4.78, 5) is 10.6. The van der Waals surface area contributed by atoms with E-state index in [9.17, 15) is 4.79 Å². The smallest absolute Gasteiger partial charge is 0.185 e. The van der Waals surface area contributed by atoms with Gasteiger partial charge >= 0.3 is 0 Å². The molecule has 21 heavy (non-hydrogen) atoms. The Morgan fingerprint density at radius 1 is 1.05 bits per heavy atom. The van der Waals surface area contributed by atoms with E-state index in [1.54, 1.807) is 36.4 Å². The van der Waals surface area contributed by atoms with E-state index >= 15 is 0 Å². The first-order valence-corrected chi connectivity index (χ1v) is 6.64. The fourth-order valence-corrected chi connectivity index (χ4v) is 2.32. The van der Waals surface area contributed by atoms with Crippen LogP contribution in [0.3, 0.4) is 0 Å². The summed E-state index contributed by atoms with van der Waals surface area (Å²) in [6, 6.07) is 12.1. The van der Waals surface area contributed by atoms with E-state index in [1.165, 1.54) is 0 Å². The van der Waals surface area contributed by atoms with Gasteiger partial charge in [0.25, 0.3) is 0 Å². The van der Waals surface area contributed by atoms with E-state index < -0.39 is 0 Å². The van der Waals surface area contributed by atoms with Gasteiger partial charge in [0.2, 0.25) is 0 Å². The molecule has 3 rings (SSSR count). The van der Waals surface area contributed by atoms with Crippen molar-refractivity contribution in [2.45, 2.75) is 6.61 Å². The van der Waals surface area contributed by atoms with Crippen molar-refractivity contribution in [3.05, 3.63) is 59.0 Å². The van der Waals surface area contributed by atoms with Crippen LogP contribution in [0.15, 0.2) is 51.3 Å². The highest BCUT2D eigenvalue weighted by Gasteiger charge is 2.11. The van der Waals surface area contributed by atoms with E-state index in [0.29, 0.717) is 28.6 Å². The van der Waals surface area contributed by atoms with Crippen molar-refractivity contribution in [2.24, 2.45) is 0 Å². The number of aldehydes is 1. The number of aliphatic hydroxyl groups excluding tert-OH is 1. The number of rotatable bonds is 4. The first-order valence-electron chi connectivity index (χ1n) is 6.26. The molecule has 0 aliphatic carbocycles. The van der Waals surface area contributed by atoms with Crippen molar-refractivity contribution in [2.75, 3.05) is 0 Å². The Labute approximate surface area is 125 Å². The molecule has 0 spiro atoms. The maximum Gasteiger partial charge on any atom is 0.185 e. The Balaban J connectivity index is 1.97. The number of halogens is 1. The number of furan rings is 2. The molecule has 1 N–H and O–H groups in total. The fourth-order valence-electron chi connectivity index (χ4n) is 2.05. The topological polar surface area (TPSA) is 63.6 Å². The van der Waals surface area contributed by atoms with Gasteiger partial charge in [-0.2, -0.15) is 0 Å². The Hall–Kier alpha value is -2.30. The largest absolute Gasteiger partial charge is 0.459 e. The molecule has 2 heterocycles. The summed E-state index contributed by atoms with van der Waals surface area (Å²) < 4.78 is 10.8. The van der Waals surface area contributed by atoms with Gasteiger partial charge in [-0.15, -0.1) is 0 Å².